The molecule has 1 unspecified atom stereocenters. The van der Waals surface area contributed by atoms with E-state index >= 15 is 0 Å². The maximum atomic E-state index is 12.7. The monoisotopic (exact) mass is 353 g/mol. The van der Waals surface area contributed by atoms with Crippen LogP contribution in [-0.4, -0.2) is 35.0 Å². The number of likely N-dealkylation sites (N-methyl/N-ethyl adjacent to an activating group) is 1. The first kappa shape index (κ1) is 16.5. The lowest BCUT2D eigenvalue weighted by Crippen LogP contribution is -2.40. The molecule has 1 amide bonds. The highest BCUT2D eigenvalue weighted by Crippen LogP contribution is 2.35. The van der Waals surface area contributed by atoms with E-state index in [4.69, 9.17) is 5.11 Å². The lowest BCUT2D eigenvalue weighted by molar-refractivity contribution is -0.141. The fourth-order valence-electron chi connectivity index (χ4n) is 1.42. The Balaban J connectivity index is 3.15. The van der Waals surface area contributed by atoms with E-state index in [9.17, 15) is 22.8 Å². The van der Waals surface area contributed by atoms with Crippen LogP contribution in [0.3, 0.4) is 0 Å². The van der Waals surface area contributed by atoms with Crippen molar-refractivity contribution in [3.63, 3.8) is 0 Å². The van der Waals surface area contributed by atoms with Gasteiger partial charge in [-0.2, -0.15) is 13.2 Å². The second kappa shape index (κ2) is 5.82. The van der Waals surface area contributed by atoms with Crippen molar-refractivity contribution in [1.29, 1.82) is 0 Å². The molecule has 0 heterocycles. The highest BCUT2D eigenvalue weighted by Gasteiger charge is 2.34. The number of carboxylic acid groups (broad SMARTS) is 1. The maximum absolute atomic E-state index is 12.7. The number of rotatable bonds is 3. The molecule has 1 N–H and O–H groups in total. The van der Waals surface area contributed by atoms with Gasteiger partial charge in [-0.1, -0.05) is 15.9 Å². The van der Waals surface area contributed by atoms with Gasteiger partial charge in [-0.05, 0) is 25.1 Å². The number of carbonyl (C=O) groups excluding carboxylic acids is 1. The Hall–Kier alpha value is -1.57. The molecular formula is C12H11BrF3NO3. The van der Waals surface area contributed by atoms with Crippen LogP contribution in [-0.2, 0) is 11.0 Å². The van der Waals surface area contributed by atoms with Crippen molar-refractivity contribution in [2.24, 2.45) is 0 Å². The third-order valence-corrected chi connectivity index (χ3v) is 3.47. The van der Waals surface area contributed by atoms with Gasteiger partial charge >= 0.3 is 12.1 Å². The van der Waals surface area contributed by atoms with Crippen LogP contribution in [0.2, 0.25) is 0 Å². The fraction of sp³-hybridized carbons (Fsp3) is 0.333. The molecule has 0 bridgehead atoms. The Bertz CT molecular complexity index is 545. The molecule has 0 fully saturated rings. The van der Waals surface area contributed by atoms with Gasteiger partial charge in [-0.15, -0.1) is 0 Å². The van der Waals surface area contributed by atoms with Crippen molar-refractivity contribution in [3.8, 4) is 0 Å². The van der Waals surface area contributed by atoms with Crippen LogP contribution in [0.25, 0.3) is 0 Å². The van der Waals surface area contributed by atoms with E-state index in [1.807, 2.05) is 0 Å². The highest BCUT2D eigenvalue weighted by atomic mass is 79.9. The smallest absolute Gasteiger partial charge is 0.417 e. The third kappa shape index (κ3) is 3.50. The van der Waals surface area contributed by atoms with Crippen LogP contribution in [0.4, 0.5) is 13.2 Å². The van der Waals surface area contributed by atoms with E-state index in [-0.39, 0.29) is 10.0 Å². The lowest BCUT2D eigenvalue weighted by atomic mass is 10.1. The summed E-state index contributed by atoms with van der Waals surface area (Å²) in [6, 6.07) is 1.86. The summed E-state index contributed by atoms with van der Waals surface area (Å²) in [5.41, 5.74) is -1.21. The van der Waals surface area contributed by atoms with Crippen molar-refractivity contribution in [2.75, 3.05) is 7.05 Å². The predicted molar refractivity (Wildman–Crippen MR) is 68.3 cm³/mol. The second-order valence-corrected chi connectivity index (χ2v) is 4.98. The molecule has 0 aliphatic carbocycles. The molecule has 8 heteroatoms. The summed E-state index contributed by atoms with van der Waals surface area (Å²) in [4.78, 5) is 23.6. The van der Waals surface area contributed by atoms with E-state index in [1.54, 1.807) is 0 Å². The average molecular weight is 354 g/mol. The SMILES string of the molecule is CC(C(=O)O)N(C)C(=O)c1ccc(Br)c(C(F)(F)F)c1. The van der Waals surface area contributed by atoms with Crippen molar-refractivity contribution >= 4 is 27.8 Å². The number of benzene rings is 1. The Labute approximate surface area is 121 Å². The van der Waals surface area contributed by atoms with Crippen molar-refractivity contribution in [1.82, 2.24) is 4.90 Å². The number of amides is 1. The fourth-order valence-corrected chi connectivity index (χ4v) is 1.89. The minimum atomic E-state index is -4.61. The number of halogens is 4. The minimum Gasteiger partial charge on any atom is -0.480 e. The zero-order valence-corrected chi connectivity index (χ0v) is 12.1. The summed E-state index contributed by atoms with van der Waals surface area (Å²) in [6.45, 7) is 1.27. The third-order valence-electron chi connectivity index (χ3n) is 2.78. The summed E-state index contributed by atoms with van der Waals surface area (Å²) in [7, 11) is 1.22. The van der Waals surface area contributed by atoms with E-state index in [0.717, 1.165) is 11.0 Å². The van der Waals surface area contributed by atoms with Gasteiger partial charge in [0.05, 0.1) is 5.56 Å². The van der Waals surface area contributed by atoms with Crippen LogP contribution in [0.5, 0.6) is 0 Å². The molecule has 0 aliphatic rings. The highest BCUT2D eigenvalue weighted by molar-refractivity contribution is 9.10. The van der Waals surface area contributed by atoms with E-state index in [1.165, 1.54) is 20.0 Å². The van der Waals surface area contributed by atoms with Crippen LogP contribution in [0.1, 0.15) is 22.8 Å². The molecule has 0 aromatic heterocycles. The summed E-state index contributed by atoms with van der Waals surface area (Å²) >= 11 is 2.77. The summed E-state index contributed by atoms with van der Waals surface area (Å²) < 4.78 is 38.0. The van der Waals surface area contributed by atoms with Gasteiger partial charge in [0.25, 0.3) is 5.91 Å². The molecule has 0 saturated carbocycles. The Kier molecular flexibility index (Phi) is 4.80. The van der Waals surface area contributed by atoms with Crippen LogP contribution >= 0.6 is 15.9 Å². The first-order valence-corrected chi connectivity index (χ1v) is 6.21. The van der Waals surface area contributed by atoms with Gasteiger partial charge in [-0.25, -0.2) is 4.79 Å². The predicted octanol–water partition coefficient (Wildman–Crippen LogP) is 3.01. The molecule has 0 spiro atoms. The van der Waals surface area contributed by atoms with Gasteiger partial charge in [0, 0.05) is 17.1 Å². The van der Waals surface area contributed by atoms with Gasteiger partial charge in [0.15, 0.2) is 0 Å². The molecule has 20 heavy (non-hydrogen) atoms. The quantitative estimate of drug-likeness (QED) is 0.908. The van der Waals surface area contributed by atoms with Gasteiger partial charge in [0.2, 0.25) is 0 Å². The Morgan fingerprint density at radius 1 is 1.35 bits per heavy atom. The molecule has 0 saturated heterocycles. The van der Waals surface area contributed by atoms with Gasteiger partial charge in [0.1, 0.15) is 6.04 Å². The average Bonchev–Trinajstić information content (AvgIpc) is 2.35. The molecule has 0 aliphatic heterocycles. The number of carbonyl (C=O) groups is 2. The number of carboxylic acids is 1. The first-order valence-electron chi connectivity index (χ1n) is 5.42. The Morgan fingerprint density at radius 2 is 1.90 bits per heavy atom. The molecular weight excluding hydrogens is 343 g/mol. The van der Waals surface area contributed by atoms with Gasteiger partial charge in [-0.3, -0.25) is 4.79 Å². The number of hydrogen-bond donors (Lipinski definition) is 1. The van der Waals surface area contributed by atoms with Crippen molar-refractivity contribution < 1.29 is 27.9 Å². The van der Waals surface area contributed by atoms with E-state index < -0.39 is 29.7 Å². The van der Waals surface area contributed by atoms with Gasteiger partial charge < -0.3 is 10.0 Å². The van der Waals surface area contributed by atoms with E-state index in [2.05, 4.69) is 15.9 Å². The molecule has 1 atom stereocenters. The van der Waals surface area contributed by atoms with Crippen molar-refractivity contribution in [2.45, 2.75) is 19.1 Å². The zero-order chi connectivity index (χ0) is 15.7. The molecule has 4 nitrogen and oxygen atoms in total. The van der Waals surface area contributed by atoms with Crippen LogP contribution in [0.15, 0.2) is 22.7 Å². The van der Waals surface area contributed by atoms with Crippen molar-refractivity contribution in [3.05, 3.63) is 33.8 Å². The first-order chi connectivity index (χ1) is 9.05. The topological polar surface area (TPSA) is 57.6 Å². The summed E-state index contributed by atoms with van der Waals surface area (Å²) in [6.07, 6.45) is -4.61. The second-order valence-electron chi connectivity index (χ2n) is 4.12. The lowest BCUT2D eigenvalue weighted by Gasteiger charge is -2.22. The number of hydrogen-bond acceptors (Lipinski definition) is 2. The van der Waals surface area contributed by atoms with Crippen LogP contribution < -0.4 is 0 Å². The minimum absolute atomic E-state index is 0.185. The normalized spacial score (nSPS) is 12.9. The molecule has 0 radical (unpaired) electrons. The summed E-state index contributed by atoms with van der Waals surface area (Å²) in [5.74, 6) is -2.04. The van der Waals surface area contributed by atoms with E-state index in [0.29, 0.717) is 6.07 Å². The zero-order valence-electron chi connectivity index (χ0n) is 10.5. The summed E-state index contributed by atoms with van der Waals surface area (Å²) in [5, 5.41) is 8.79. The standard InChI is InChI=1S/C12H11BrF3NO3/c1-6(11(19)20)17(2)10(18)7-3-4-9(13)8(5-7)12(14,15)16/h3-6H,1-2H3,(H,19,20). The van der Waals surface area contributed by atoms with Crippen LogP contribution in [0, 0.1) is 0 Å². The maximum Gasteiger partial charge on any atom is 0.417 e. The molecule has 1 rings (SSSR count). The largest absolute Gasteiger partial charge is 0.480 e. The Morgan fingerprint density at radius 3 is 2.35 bits per heavy atom. The number of alkyl halides is 3. The molecule has 1 aromatic carbocycles. The number of aliphatic carboxylic acids is 1. The molecule has 110 valence electrons. The number of nitrogens with zero attached hydrogens (tertiary/aromatic N) is 1. The molecule has 1 aromatic rings.